The number of likely N-dealkylation sites (tertiary alicyclic amines) is 1. The molecule has 0 aromatic carbocycles. The van der Waals surface area contributed by atoms with E-state index < -0.39 is 6.10 Å². The number of ether oxygens (including phenoxy) is 1. The van der Waals surface area contributed by atoms with Gasteiger partial charge in [0.15, 0.2) is 0 Å². The summed E-state index contributed by atoms with van der Waals surface area (Å²) in [5.74, 6) is 1.88. The molecule has 2 N–H and O–H groups in total. The number of hydrogen-bond donors (Lipinski definition) is 2. The van der Waals surface area contributed by atoms with Crippen LogP contribution in [0.4, 0.5) is 0 Å². The summed E-state index contributed by atoms with van der Waals surface area (Å²) in [6, 6.07) is 8.06. The second kappa shape index (κ2) is 7.43. The van der Waals surface area contributed by atoms with E-state index in [-0.39, 0.29) is 6.10 Å². The standard InChI is InChI=1S/C23H28N4O2/c1-14-5-6-21(15(2)26-14)29-22-9-17-12-27(11-16(17)8-20(22)28)13-18-10-25-23-19(18)4-3-7-24-23/h3-7,10,16-17,20,22,28H,8-9,11-13H2,1-2H3,(H,24,25)/t16-,17+,20+,22+/m0/s1. The predicted octanol–water partition coefficient (Wildman–Crippen LogP) is 3.23. The van der Waals surface area contributed by atoms with Gasteiger partial charge in [0.05, 0.1) is 11.8 Å². The number of aromatic amines is 1. The Bertz CT molecular complexity index is 1020. The van der Waals surface area contributed by atoms with Crippen LogP contribution in [0.25, 0.3) is 11.0 Å². The third kappa shape index (κ3) is 3.63. The Kier molecular flexibility index (Phi) is 4.76. The molecule has 6 nitrogen and oxygen atoms in total. The van der Waals surface area contributed by atoms with Crippen LogP contribution >= 0.6 is 0 Å². The quantitative estimate of drug-likeness (QED) is 0.713. The molecule has 1 saturated carbocycles. The molecule has 6 heteroatoms. The van der Waals surface area contributed by atoms with Crippen molar-refractivity contribution in [2.45, 2.75) is 45.4 Å². The molecule has 5 rings (SSSR count). The second-order valence-corrected chi connectivity index (χ2v) is 8.66. The fourth-order valence-corrected chi connectivity index (χ4v) is 5.09. The van der Waals surface area contributed by atoms with E-state index >= 15 is 0 Å². The summed E-state index contributed by atoms with van der Waals surface area (Å²) in [4.78, 5) is 14.7. The summed E-state index contributed by atoms with van der Waals surface area (Å²) in [7, 11) is 0. The number of hydrogen-bond acceptors (Lipinski definition) is 5. The summed E-state index contributed by atoms with van der Waals surface area (Å²) in [6.45, 7) is 6.95. The summed E-state index contributed by atoms with van der Waals surface area (Å²) >= 11 is 0. The summed E-state index contributed by atoms with van der Waals surface area (Å²) in [5.41, 5.74) is 4.12. The van der Waals surface area contributed by atoms with Crippen molar-refractivity contribution in [1.29, 1.82) is 0 Å². The highest BCUT2D eigenvalue weighted by molar-refractivity contribution is 5.79. The molecule has 0 radical (unpaired) electrons. The smallest absolute Gasteiger partial charge is 0.141 e. The topological polar surface area (TPSA) is 74.3 Å². The van der Waals surface area contributed by atoms with Gasteiger partial charge >= 0.3 is 0 Å². The predicted molar refractivity (Wildman–Crippen MR) is 112 cm³/mol. The summed E-state index contributed by atoms with van der Waals surface area (Å²) in [6.07, 6.45) is 5.02. The van der Waals surface area contributed by atoms with Crippen molar-refractivity contribution < 1.29 is 9.84 Å². The maximum absolute atomic E-state index is 10.7. The van der Waals surface area contributed by atoms with Gasteiger partial charge in [-0.1, -0.05) is 0 Å². The van der Waals surface area contributed by atoms with Gasteiger partial charge in [-0.05, 0) is 68.4 Å². The lowest BCUT2D eigenvalue weighted by molar-refractivity contribution is -0.0236. The maximum Gasteiger partial charge on any atom is 0.141 e. The van der Waals surface area contributed by atoms with Crippen LogP contribution in [0.15, 0.2) is 36.7 Å². The Morgan fingerprint density at radius 1 is 1.17 bits per heavy atom. The normalized spacial score (nSPS) is 27.3. The van der Waals surface area contributed by atoms with E-state index in [9.17, 15) is 5.11 Å². The first-order valence-corrected chi connectivity index (χ1v) is 10.5. The van der Waals surface area contributed by atoms with E-state index in [2.05, 4.69) is 32.1 Å². The minimum absolute atomic E-state index is 0.156. The van der Waals surface area contributed by atoms with Gasteiger partial charge in [0.2, 0.25) is 0 Å². The number of nitrogens with one attached hydrogen (secondary N) is 1. The number of aliphatic hydroxyl groups excluding tert-OH is 1. The van der Waals surface area contributed by atoms with Crippen LogP contribution in [0.2, 0.25) is 0 Å². The van der Waals surface area contributed by atoms with E-state index in [1.165, 1.54) is 10.9 Å². The van der Waals surface area contributed by atoms with Crippen LogP contribution in [0.5, 0.6) is 5.75 Å². The molecule has 152 valence electrons. The van der Waals surface area contributed by atoms with Gasteiger partial charge in [0, 0.05) is 43.1 Å². The van der Waals surface area contributed by atoms with Crippen LogP contribution in [0, 0.1) is 25.7 Å². The Morgan fingerprint density at radius 2 is 2.00 bits per heavy atom. The average Bonchev–Trinajstić information content (AvgIpc) is 3.28. The van der Waals surface area contributed by atoms with Gasteiger partial charge in [-0.2, -0.15) is 0 Å². The Morgan fingerprint density at radius 3 is 2.83 bits per heavy atom. The zero-order valence-electron chi connectivity index (χ0n) is 17.0. The van der Waals surface area contributed by atoms with E-state index in [1.54, 1.807) is 0 Å². The highest BCUT2D eigenvalue weighted by atomic mass is 16.5. The zero-order valence-corrected chi connectivity index (χ0v) is 17.0. The van der Waals surface area contributed by atoms with Crippen molar-refractivity contribution in [3.8, 4) is 5.75 Å². The van der Waals surface area contributed by atoms with Gasteiger partial charge < -0.3 is 14.8 Å². The fraction of sp³-hybridized carbons (Fsp3) is 0.478. The first kappa shape index (κ1) is 18.6. The maximum atomic E-state index is 10.7. The molecule has 0 unspecified atom stereocenters. The number of aryl methyl sites for hydroxylation is 2. The van der Waals surface area contributed by atoms with Gasteiger partial charge in [0.25, 0.3) is 0 Å². The Hall–Kier alpha value is -2.44. The third-order valence-electron chi connectivity index (χ3n) is 6.55. The molecular weight excluding hydrogens is 364 g/mol. The first-order chi connectivity index (χ1) is 14.1. The monoisotopic (exact) mass is 392 g/mol. The minimum Gasteiger partial charge on any atom is -0.486 e. The van der Waals surface area contributed by atoms with Crippen LogP contribution in [-0.4, -0.2) is 50.3 Å². The zero-order chi connectivity index (χ0) is 20.0. The summed E-state index contributed by atoms with van der Waals surface area (Å²) in [5, 5.41) is 11.9. The van der Waals surface area contributed by atoms with Crippen molar-refractivity contribution in [2.24, 2.45) is 11.8 Å². The molecule has 1 saturated heterocycles. The van der Waals surface area contributed by atoms with Crippen molar-refractivity contribution in [3.63, 3.8) is 0 Å². The Labute approximate surface area is 170 Å². The molecule has 0 bridgehead atoms. The lowest BCUT2D eigenvalue weighted by Crippen LogP contribution is -2.42. The average molecular weight is 393 g/mol. The first-order valence-electron chi connectivity index (χ1n) is 10.5. The highest BCUT2D eigenvalue weighted by Crippen LogP contribution is 2.39. The molecule has 1 aliphatic carbocycles. The third-order valence-corrected chi connectivity index (χ3v) is 6.55. The number of aliphatic hydroxyl groups is 1. The minimum atomic E-state index is -0.422. The lowest BCUT2D eigenvalue weighted by atomic mass is 9.78. The highest BCUT2D eigenvalue weighted by Gasteiger charge is 2.42. The van der Waals surface area contributed by atoms with E-state index in [0.717, 1.165) is 55.3 Å². The molecule has 2 fully saturated rings. The SMILES string of the molecule is Cc1ccc(O[C@@H]2C[C@@H]3CN(Cc4c[nH]c5ncccc45)C[C@@H]3C[C@H]2O)c(C)n1. The van der Waals surface area contributed by atoms with Crippen LogP contribution < -0.4 is 4.74 Å². The van der Waals surface area contributed by atoms with Crippen molar-refractivity contribution in [3.05, 3.63) is 53.6 Å². The summed E-state index contributed by atoms with van der Waals surface area (Å²) < 4.78 is 6.22. The second-order valence-electron chi connectivity index (χ2n) is 8.66. The van der Waals surface area contributed by atoms with Gasteiger partial charge in [-0.3, -0.25) is 9.88 Å². The number of H-pyrrole nitrogens is 1. The van der Waals surface area contributed by atoms with E-state index in [1.807, 2.05) is 38.2 Å². The van der Waals surface area contributed by atoms with Crippen LogP contribution in [-0.2, 0) is 6.54 Å². The van der Waals surface area contributed by atoms with Crippen molar-refractivity contribution >= 4 is 11.0 Å². The number of rotatable bonds is 4. The number of fused-ring (bicyclic) bond motifs is 2. The molecule has 0 amide bonds. The molecular formula is C23H28N4O2. The molecule has 3 aromatic heterocycles. The molecule has 3 aromatic rings. The van der Waals surface area contributed by atoms with Gasteiger partial charge in [-0.15, -0.1) is 0 Å². The largest absolute Gasteiger partial charge is 0.486 e. The lowest BCUT2D eigenvalue weighted by Gasteiger charge is -2.35. The van der Waals surface area contributed by atoms with Crippen LogP contribution in [0.1, 0.15) is 29.8 Å². The Balaban J connectivity index is 1.26. The van der Waals surface area contributed by atoms with Gasteiger partial charge in [-0.25, -0.2) is 4.98 Å². The van der Waals surface area contributed by atoms with E-state index in [4.69, 9.17) is 4.74 Å². The van der Waals surface area contributed by atoms with Gasteiger partial charge in [0.1, 0.15) is 17.5 Å². The van der Waals surface area contributed by atoms with Crippen molar-refractivity contribution in [1.82, 2.24) is 19.9 Å². The molecule has 4 atom stereocenters. The molecule has 4 heterocycles. The number of nitrogens with zero attached hydrogens (tertiary/aromatic N) is 3. The molecule has 0 spiro atoms. The van der Waals surface area contributed by atoms with Crippen molar-refractivity contribution in [2.75, 3.05) is 13.1 Å². The van der Waals surface area contributed by atoms with Crippen LogP contribution in [0.3, 0.4) is 0 Å². The molecule has 1 aliphatic heterocycles. The number of pyridine rings is 2. The number of aromatic nitrogens is 3. The molecule has 2 aliphatic rings. The van der Waals surface area contributed by atoms with E-state index in [0.29, 0.717) is 11.8 Å². The fourth-order valence-electron chi connectivity index (χ4n) is 5.09. The molecule has 29 heavy (non-hydrogen) atoms.